The monoisotopic (exact) mass is 392 g/mol. The molecule has 1 aromatic rings. The maximum Gasteiger partial charge on any atom is 0.243 e. The Morgan fingerprint density at radius 1 is 1.07 bits per heavy atom. The fraction of sp³-hybridized carbons (Fsp3) is 0.600. The van der Waals surface area contributed by atoms with Crippen LogP contribution in [0.25, 0.3) is 0 Å². The fourth-order valence-corrected chi connectivity index (χ4v) is 6.00. The van der Waals surface area contributed by atoms with Crippen LogP contribution in [0.4, 0.5) is 5.69 Å². The van der Waals surface area contributed by atoms with Crippen LogP contribution in [0, 0.1) is 16.7 Å². The molecule has 2 fully saturated rings. The van der Waals surface area contributed by atoms with Crippen molar-refractivity contribution < 1.29 is 18.0 Å². The normalized spacial score (nSPS) is 27.5. The first-order valence-corrected chi connectivity index (χ1v) is 10.9. The minimum Gasteiger partial charge on any atom is -0.274 e. The van der Waals surface area contributed by atoms with Gasteiger partial charge in [0.05, 0.1) is 16.0 Å². The summed E-state index contributed by atoms with van der Waals surface area (Å²) in [5.74, 6) is -0.566. The van der Waals surface area contributed by atoms with Crippen LogP contribution < -0.4 is 4.90 Å². The highest BCUT2D eigenvalue weighted by Gasteiger charge is 2.64. The van der Waals surface area contributed by atoms with Crippen LogP contribution in [0.5, 0.6) is 0 Å². The number of benzene rings is 1. The number of piperidine rings is 1. The summed E-state index contributed by atoms with van der Waals surface area (Å²) in [6.45, 7) is 10.3. The standard InChI is InChI=1S/C20H28N2O4S/c1-6-21(7-2)27(25,26)15-10-8-14(9-11-15)22-17(23)16-12-13-20(5,18(22)24)19(16,3)4/h8-11,16H,6-7,12-13H2,1-5H3/t16-,20+/m1/s1. The number of nitrogens with zero attached hydrogens (tertiary/aromatic N) is 2. The van der Waals surface area contributed by atoms with Crippen LogP contribution in [-0.2, 0) is 19.6 Å². The van der Waals surface area contributed by atoms with Crippen molar-refractivity contribution in [1.29, 1.82) is 0 Å². The van der Waals surface area contributed by atoms with Crippen molar-refractivity contribution in [3.63, 3.8) is 0 Å². The van der Waals surface area contributed by atoms with Crippen molar-refractivity contribution in [2.75, 3.05) is 18.0 Å². The lowest BCUT2D eigenvalue weighted by atomic mass is 9.62. The Kier molecular flexibility index (Phi) is 4.75. The molecule has 2 amide bonds. The van der Waals surface area contributed by atoms with Gasteiger partial charge in [0, 0.05) is 19.0 Å². The SMILES string of the molecule is CCN(CC)S(=O)(=O)c1ccc(N2C(=O)[C@H]3CC[C@@](C)(C2=O)C3(C)C)cc1. The van der Waals surface area contributed by atoms with Crippen LogP contribution in [-0.4, -0.2) is 37.6 Å². The Labute approximate surface area is 161 Å². The van der Waals surface area contributed by atoms with Crippen molar-refractivity contribution in [1.82, 2.24) is 4.31 Å². The van der Waals surface area contributed by atoms with Crippen molar-refractivity contribution in [3.8, 4) is 0 Å². The number of carbonyl (C=O) groups is 2. The minimum absolute atomic E-state index is 0.168. The van der Waals surface area contributed by atoms with Gasteiger partial charge in [-0.3, -0.25) is 9.59 Å². The molecule has 1 saturated heterocycles. The first-order valence-electron chi connectivity index (χ1n) is 9.51. The Balaban J connectivity index is 1.97. The highest BCUT2D eigenvalue weighted by molar-refractivity contribution is 7.89. The Bertz CT molecular complexity index is 872. The Morgan fingerprint density at radius 2 is 1.63 bits per heavy atom. The third kappa shape index (κ3) is 2.66. The zero-order valence-corrected chi connectivity index (χ0v) is 17.5. The molecule has 27 heavy (non-hydrogen) atoms. The van der Waals surface area contributed by atoms with Gasteiger partial charge in [-0.05, 0) is 42.5 Å². The van der Waals surface area contributed by atoms with Crippen LogP contribution in [0.15, 0.2) is 29.2 Å². The second-order valence-corrected chi connectivity index (χ2v) is 10.1. The average Bonchev–Trinajstić information content (AvgIpc) is 2.80. The maximum atomic E-state index is 13.2. The summed E-state index contributed by atoms with van der Waals surface area (Å²) < 4.78 is 26.7. The van der Waals surface area contributed by atoms with Crippen molar-refractivity contribution in [2.24, 2.45) is 16.7 Å². The number of sulfonamides is 1. The lowest BCUT2D eigenvalue weighted by Gasteiger charge is -2.47. The van der Waals surface area contributed by atoms with Crippen LogP contribution in [0.1, 0.15) is 47.5 Å². The van der Waals surface area contributed by atoms with Gasteiger partial charge in [-0.15, -0.1) is 0 Å². The highest BCUT2D eigenvalue weighted by Crippen LogP contribution is 2.60. The molecule has 0 radical (unpaired) electrons. The van der Waals surface area contributed by atoms with E-state index in [1.165, 1.54) is 21.3 Å². The molecular formula is C20H28N2O4S. The van der Waals surface area contributed by atoms with E-state index >= 15 is 0 Å². The molecule has 2 atom stereocenters. The van der Waals surface area contributed by atoms with E-state index in [4.69, 9.17) is 0 Å². The summed E-state index contributed by atoms with van der Waals surface area (Å²) in [7, 11) is -3.57. The molecule has 1 aliphatic carbocycles. The molecule has 6 nitrogen and oxygen atoms in total. The molecular weight excluding hydrogens is 364 g/mol. The predicted molar refractivity (Wildman–Crippen MR) is 104 cm³/mol. The largest absolute Gasteiger partial charge is 0.274 e. The zero-order chi connectivity index (χ0) is 20.2. The fourth-order valence-electron chi connectivity index (χ4n) is 4.54. The molecule has 0 N–H and O–H groups in total. The summed E-state index contributed by atoms with van der Waals surface area (Å²) in [5.41, 5.74) is -0.515. The third-order valence-electron chi connectivity index (χ3n) is 6.86. The van der Waals surface area contributed by atoms with Crippen LogP contribution in [0.3, 0.4) is 0 Å². The summed E-state index contributed by atoms with van der Waals surface area (Å²) in [6.07, 6.45) is 1.40. The van der Waals surface area contributed by atoms with E-state index < -0.39 is 15.4 Å². The van der Waals surface area contributed by atoms with E-state index in [1.54, 1.807) is 26.0 Å². The first kappa shape index (κ1) is 20.0. The third-order valence-corrected chi connectivity index (χ3v) is 8.92. The molecule has 0 unspecified atom stereocenters. The van der Waals surface area contributed by atoms with Crippen molar-refractivity contribution >= 4 is 27.5 Å². The van der Waals surface area contributed by atoms with Gasteiger partial charge < -0.3 is 0 Å². The minimum atomic E-state index is -3.57. The van der Waals surface area contributed by atoms with Crippen LogP contribution >= 0.6 is 0 Å². The molecule has 0 spiro atoms. The van der Waals surface area contributed by atoms with Gasteiger partial charge in [-0.1, -0.05) is 34.6 Å². The lowest BCUT2D eigenvalue weighted by molar-refractivity contribution is -0.146. The molecule has 3 rings (SSSR count). The van der Waals surface area contributed by atoms with Gasteiger partial charge in [-0.2, -0.15) is 4.31 Å². The predicted octanol–water partition coefficient (Wildman–Crippen LogP) is 3.03. The first-order chi connectivity index (χ1) is 12.5. The van der Waals surface area contributed by atoms with E-state index in [1.807, 2.05) is 20.8 Å². The van der Waals surface area contributed by atoms with Gasteiger partial charge in [0.25, 0.3) is 0 Å². The van der Waals surface area contributed by atoms with E-state index in [9.17, 15) is 18.0 Å². The molecule has 1 aliphatic heterocycles. The maximum absolute atomic E-state index is 13.2. The molecule has 2 bridgehead atoms. The molecule has 0 aromatic heterocycles. The van der Waals surface area contributed by atoms with Gasteiger partial charge in [0.1, 0.15) is 0 Å². The molecule has 148 valence electrons. The number of hydrogen-bond donors (Lipinski definition) is 0. The summed E-state index contributed by atoms with van der Waals surface area (Å²) in [4.78, 5) is 27.6. The van der Waals surface area contributed by atoms with E-state index in [2.05, 4.69) is 0 Å². The highest BCUT2D eigenvalue weighted by atomic mass is 32.2. The molecule has 1 heterocycles. The number of rotatable bonds is 5. The van der Waals surface area contributed by atoms with Gasteiger partial charge in [-0.25, -0.2) is 13.3 Å². The second-order valence-electron chi connectivity index (χ2n) is 8.21. The number of carbonyl (C=O) groups excluding carboxylic acids is 2. The quantitative estimate of drug-likeness (QED) is 0.722. The van der Waals surface area contributed by atoms with Crippen molar-refractivity contribution in [2.45, 2.75) is 52.4 Å². The van der Waals surface area contributed by atoms with Gasteiger partial charge in [0.15, 0.2) is 0 Å². The molecule has 1 saturated carbocycles. The number of imide groups is 1. The van der Waals surface area contributed by atoms with Crippen molar-refractivity contribution in [3.05, 3.63) is 24.3 Å². The number of fused-ring (bicyclic) bond motifs is 2. The van der Waals surface area contributed by atoms with E-state index in [0.29, 0.717) is 31.6 Å². The average molecular weight is 393 g/mol. The number of anilines is 1. The zero-order valence-electron chi connectivity index (χ0n) is 16.7. The Morgan fingerprint density at radius 3 is 2.15 bits per heavy atom. The summed E-state index contributed by atoms with van der Waals surface area (Å²) >= 11 is 0. The topological polar surface area (TPSA) is 74.8 Å². The number of amides is 2. The van der Waals surface area contributed by atoms with Gasteiger partial charge in [0.2, 0.25) is 21.8 Å². The smallest absolute Gasteiger partial charge is 0.243 e. The van der Waals surface area contributed by atoms with E-state index in [-0.39, 0.29) is 28.0 Å². The molecule has 1 aromatic carbocycles. The van der Waals surface area contributed by atoms with Crippen LogP contribution in [0.2, 0.25) is 0 Å². The second kappa shape index (κ2) is 6.41. The van der Waals surface area contributed by atoms with E-state index in [0.717, 1.165) is 0 Å². The lowest BCUT2D eigenvalue weighted by Crippen LogP contribution is -2.59. The Hall–Kier alpha value is -1.73. The summed E-state index contributed by atoms with van der Waals surface area (Å²) in [5, 5.41) is 0. The number of hydrogen-bond acceptors (Lipinski definition) is 4. The molecule has 7 heteroatoms. The molecule has 2 aliphatic rings. The summed E-state index contributed by atoms with van der Waals surface area (Å²) in [6, 6.07) is 6.08. The van der Waals surface area contributed by atoms with Gasteiger partial charge >= 0.3 is 0 Å².